The van der Waals surface area contributed by atoms with E-state index in [9.17, 15) is 0 Å². The molecule has 56 heavy (non-hydrogen) atoms. The Balaban J connectivity index is 0.000000214. The minimum Gasteiger partial charge on any atom is -0.257 e. The van der Waals surface area contributed by atoms with Crippen LogP contribution < -0.4 is 0 Å². The van der Waals surface area contributed by atoms with E-state index in [4.69, 9.17) is 4.98 Å². The third-order valence-electron chi connectivity index (χ3n) is 15.3. The zero-order chi connectivity index (χ0) is 41.6. The highest BCUT2D eigenvalue weighted by Crippen LogP contribution is 2.70. The Kier molecular flexibility index (Phi) is 14.7. The average Bonchev–Trinajstić information content (AvgIpc) is 3.05. The van der Waals surface area contributed by atoms with Crippen molar-refractivity contribution < 1.29 is 0 Å². The monoisotopic (exact) mass is 838 g/mol. The van der Waals surface area contributed by atoms with E-state index in [0.29, 0.717) is 41.2 Å². The maximum absolute atomic E-state index is 5.26. The Hall–Kier alpha value is 0.0900. The van der Waals surface area contributed by atoms with Crippen LogP contribution in [0.3, 0.4) is 0 Å². The highest BCUT2D eigenvalue weighted by Gasteiger charge is 2.46. The number of hydrogen-bond acceptors (Lipinski definition) is 1. The van der Waals surface area contributed by atoms with Crippen molar-refractivity contribution in [2.75, 3.05) is 0 Å². The number of aromatic nitrogens is 1. The van der Waals surface area contributed by atoms with E-state index in [-0.39, 0.29) is 31.7 Å². The van der Waals surface area contributed by atoms with E-state index < -0.39 is 0 Å². The lowest BCUT2D eigenvalue weighted by atomic mass is 9.98. The molecule has 4 fully saturated rings. The van der Waals surface area contributed by atoms with Crippen LogP contribution in [-0.4, -0.2) is 46.2 Å². The molecule has 0 radical (unpaired) electrons. The van der Waals surface area contributed by atoms with Crippen molar-refractivity contribution in [3.8, 4) is 0 Å². The van der Waals surface area contributed by atoms with Crippen molar-refractivity contribution in [3.63, 3.8) is 0 Å². The molecule has 0 amide bonds. The first-order valence-corrected chi connectivity index (χ1v) is 28.9. The van der Waals surface area contributed by atoms with Crippen LogP contribution >= 0.6 is 31.7 Å². The van der Waals surface area contributed by atoms with Gasteiger partial charge in [0.2, 0.25) is 0 Å². The van der Waals surface area contributed by atoms with Crippen molar-refractivity contribution in [1.29, 1.82) is 0 Å². The van der Waals surface area contributed by atoms with E-state index >= 15 is 0 Å². The quantitative estimate of drug-likeness (QED) is 0.241. The predicted octanol–water partition coefficient (Wildman–Crippen LogP) is 17.7. The number of rotatable bonds is 8. The topological polar surface area (TPSA) is 12.9 Å². The summed E-state index contributed by atoms with van der Waals surface area (Å²) in [5.41, 5.74) is 5.92. The Morgan fingerprint density at radius 1 is 0.357 bits per heavy atom. The first-order valence-electron chi connectivity index (χ1n) is 22.8. The summed E-state index contributed by atoms with van der Waals surface area (Å²) in [6, 6.07) is 16.7. The third-order valence-corrected chi connectivity index (χ3v) is 31.5. The summed E-state index contributed by atoms with van der Waals surface area (Å²) >= 11 is 0. The second kappa shape index (κ2) is 17.5. The summed E-state index contributed by atoms with van der Waals surface area (Å²) in [6.45, 7) is 40.4. The molecule has 5 heterocycles. The van der Waals surface area contributed by atoms with Crippen LogP contribution in [0, 0.1) is 0 Å². The molecule has 0 atom stereocenters. The van der Waals surface area contributed by atoms with Crippen molar-refractivity contribution in [3.05, 3.63) is 65.0 Å². The molecule has 0 saturated carbocycles. The van der Waals surface area contributed by atoms with Gasteiger partial charge < -0.3 is 0 Å². The fourth-order valence-corrected chi connectivity index (χ4v) is 27.6. The van der Waals surface area contributed by atoms with Crippen LogP contribution in [0.5, 0.6) is 0 Å². The minimum absolute atomic E-state index is 0.000962. The summed E-state index contributed by atoms with van der Waals surface area (Å²) in [6.07, 6.45) is 21.8. The number of pyridine rings is 1. The van der Waals surface area contributed by atoms with Crippen LogP contribution in [0.4, 0.5) is 0 Å². The standard InChI is InChI=1S/C26H44P2.C25H43NP2/c1-23(2)14-10-15-24(3,4)27(23)19-21-12-9-13-22(18-21)20-28-25(5,6)16-11-17-26(28,7)8;1-22(2)14-10-15-23(3,4)27(22)18-20-12-9-13-21(26-20)19-28-24(5,6)16-11-17-25(28,7)8/h9,12-13,18H,10-11,14-17,19-20H2,1-8H3;9,12-13H,10-11,14-19H2,1-8H3. The van der Waals surface area contributed by atoms with E-state index in [1.165, 1.54) is 113 Å². The molecule has 4 aliphatic heterocycles. The molecule has 6 rings (SSSR count). The molecule has 4 saturated heterocycles. The Morgan fingerprint density at radius 2 is 0.589 bits per heavy atom. The molecule has 1 aromatic carbocycles. The molecule has 1 nitrogen and oxygen atoms in total. The van der Waals surface area contributed by atoms with Gasteiger partial charge in [-0.05, 0) is 128 Å². The van der Waals surface area contributed by atoms with Gasteiger partial charge >= 0.3 is 0 Å². The molecule has 0 unspecified atom stereocenters. The first kappa shape index (κ1) is 47.1. The van der Waals surface area contributed by atoms with Gasteiger partial charge in [-0.25, -0.2) is 0 Å². The van der Waals surface area contributed by atoms with Gasteiger partial charge in [0.1, 0.15) is 0 Å². The number of benzene rings is 1. The summed E-state index contributed by atoms with van der Waals surface area (Å²) in [5, 5.41) is 3.99. The lowest BCUT2D eigenvalue weighted by molar-refractivity contribution is 0.464. The van der Waals surface area contributed by atoms with E-state index in [1.54, 1.807) is 11.1 Å². The van der Waals surface area contributed by atoms with Crippen molar-refractivity contribution in [2.24, 2.45) is 0 Å². The Labute approximate surface area is 353 Å². The van der Waals surface area contributed by atoms with Gasteiger partial charge in [-0.1, -0.05) is 198 Å². The molecular weight excluding hydrogens is 750 g/mol. The zero-order valence-corrected chi connectivity index (χ0v) is 43.2. The second-order valence-electron chi connectivity index (χ2n) is 23.7. The lowest BCUT2D eigenvalue weighted by Crippen LogP contribution is -2.36. The molecule has 0 bridgehead atoms. The summed E-state index contributed by atoms with van der Waals surface area (Å²) in [7, 11) is -0.121. The molecular formula is C51H87NP4. The normalized spacial score (nSPS) is 26.9. The largest absolute Gasteiger partial charge is 0.257 e. The smallest absolute Gasteiger partial charge is 0.0450 e. The van der Waals surface area contributed by atoms with Crippen LogP contribution in [0.15, 0.2) is 42.5 Å². The fraction of sp³-hybridized carbons (Fsp3) is 0.784. The number of nitrogens with zero attached hydrogens (tertiary/aromatic N) is 1. The SMILES string of the molecule is CC1(C)CCCC(C)(C)P1Cc1cccc(CP2C(C)(C)CCCC2(C)C)c1.CC1(C)CCCC(C)(C)P1Cc1cccc(CP2C(C)(C)CCCC2(C)C)n1. The summed E-state index contributed by atoms with van der Waals surface area (Å²) < 4.78 is 0. The first-order chi connectivity index (χ1) is 25.7. The van der Waals surface area contributed by atoms with Crippen LogP contribution in [0.2, 0.25) is 0 Å². The molecule has 2 aromatic rings. The molecule has 1 aromatic heterocycles. The highest BCUT2D eigenvalue weighted by molar-refractivity contribution is 7.61. The lowest BCUT2D eigenvalue weighted by Gasteiger charge is -2.50. The van der Waals surface area contributed by atoms with Gasteiger partial charge in [0.25, 0.3) is 0 Å². The molecule has 0 N–H and O–H groups in total. The van der Waals surface area contributed by atoms with E-state index in [0.717, 1.165) is 0 Å². The van der Waals surface area contributed by atoms with Crippen LogP contribution in [0.1, 0.15) is 210 Å². The third kappa shape index (κ3) is 11.3. The van der Waals surface area contributed by atoms with Crippen LogP contribution in [-0.2, 0) is 24.6 Å². The van der Waals surface area contributed by atoms with Crippen molar-refractivity contribution >= 4 is 31.7 Å². The maximum atomic E-state index is 5.26. The molecule has 316 valence electrons. The van der Waals surface area contributed by atoms with Gasteiger partial charge in [0, 0.05) is 23.7 Å². The van der Waals surface area contributed by atoms with Gasteiger partial charge in [-0.3, -0.25) is 4.98 Å². The van der Waals surface area contributed by atoms with E-state index in [1.807, 2.05) is 0 Å². The zero-order valence-electron chi connectivity index (χ0n) is 39.6. The minimum atomic E-state index is -0.0615. The molecule has 5 heteroatoms. The van der Waals surface area contributed by atoms with Gasteiger partial charge in [0.15, 0.2) is 0 Å². The summed E-state index contributed by atoms with van der Waals surface area (Å²) in [4.78, 5) is 5.26. The average molecular weight is 838 g/mol. The highest BCUT2D eigenvalue weighted by atomic mass is 31.1. The Bertz CT molecular complexity index is 1320. The number of hydrogen-bond donors (Lipinski definition) is 0. The van der Waals surface area contributed by atoms with Crippen molar-refractivity contribution in [2.45, 2.75) is 254 Å². The van der Waals surface area contributed by atoms with Crippen molar-refractivity contribution in [1.82, 2.24) is 4.98 Å². The van der Waals surface area contributed by atoms with E-state index in [2.05, 4.69) is 153 Å². The maximum Gasteiger partial charge on any atom is 0.0450 e. The Morgan fingerprint density at radius 3 is 0.857 bits per heavy atom. The fourth-order valence-electron chi connectivity index (χ4n) is 12.1. The van der Waals surface area contributed by atoms with Gasteiger partial charge in [-0.2, -0.15) is 0 Å². The predicted molar refractivity (Wildman–Crippen MR) is 261 cm³/mol. The van der Waals surface area contributed by atoms with Gasteiger partial charge in [0.05, 0.1) is 0 Å². The molecule has 4 aliphatic rings. The second-order valence-corrected chi connectivity index (χ2v) is 38.1. The van der Waals surface area contributed by atoms with Gasteiger partial charge in [-0.15, -0.1) is 0 Å². The summed E-state index contributed by atoms with van der Waals surface area (Å²) in [5.74, 6) is 0. The molecule has 0 aliphatic carbocycles. The van der Waals surface area contributed by atoms with Crippen LogP contribution in [0.25, 0.3) is 0 Å². The molecule has 0 spiro atoms.